The topological polar surface area (TPSA) is 72.0 Å². The molecule has 0 aliphatic heterocycles. The first kappa shape index (κ1) is 19.4. The largest absolute Gasteiger partial charge is 0.397 e. The molecule has 0 amide bonds. The van der Waals surface area contributed by atoms with Gasteiger partial charge in [0.05, 0.1) is 16.5 Å². The molecule has 0 saturated heterocycles. The fraction of sp³-hybridized carbons (Fsp3) is 0.238. The van der Waals surface area contributed by atoms with Crippen LogP contribution in [0, 0.1) is 0 Å². The fourth-order valence-corrected chi connectivity index (χ4v) is 6.09. The van der Waals surface area contributed by atoms with E-state index in [9.17, 15) is 5.11 Å². The number of thioether (sulfide) groups is 1. The third kappa shape index (κ3) is 3.80. The first-order valence-electron chi connectivity index (χ1n) is 9.17. The number of pyridine rings is 1. The lowest BCUT2D eigenvalue weighted by Crippen LogP contribution is -1.92. The maximum absolute atomic E-state index is 9.56. The van der Waals surface area contributed by atoms with Crippen LogP contribution in [0.5, 0.6) is 0 Å². The molecule has 1 aromatic carbocycles. The van der Waals surface area contributed by atoms with E-state index in [4.69, 9.17) is 10.7 Å². The highest BCUT2D eigenvalue weighted by molar-refractivity contribution is 8.01. The fourth-order valence-electron chi connectivity index (χ4n) is 3.04. The molecule has 0 aliphatic carbocycles. The van der Waals surface area contributed by atoms with Gasteiger partial charge in [-0.15, -0.1) is 34.4 Å². The smallest absolute Gasteiger partial charge is 0.141 e. The van der Waals surface area contributed by atoms with E-state index in [1.54, 1.807) is 28.9 Å². The summed E-state index contributed by atoms with van der Waals surface area (Å²) >= 11 is 5.05. The SMILES string of the molecule is CCCCSc1sc2nc(-c3nccs3)cc(-c3cccc(CO)c3)c2c1N. The van der Waals surface area contributed by atoms with Gasteiger partial charge in [-0.05, 0) is 41.0 Å². The number of aliphatic hydroxyl groups is 1. The summed E-state index contributed by atoms with van der Waals surface area (Å²) in [5.41, 5.74) is 11.2. The zero-order valence-corrected chi connectivity index (χ0v) is 18.0. The number of anilines is 1. The van der Waals surface area contributed by atoms with Gasteiger partial charge < -0.3 is 10.8 Å². The minimum Gasteiger partial charge on any atom is -0.397 e. The van der Waals surface area contributed by atoms with E-state index in [-0.39, 0.29) is 6.61 Å². The molecule has 4 aromatic rings. The monoisotopic (exact) mass is 427 g/mol. The van der Waals surface area contributed by atoms with Gasteiger partial charge >= 0.3 is 0 Å². The lowest BCUT2D eigenvalue weighted by molar-refractivity contribution is 0.282. The molecule has 0 fully saturated rings. The van der Waals surface area contributed by atoms with Gasteiger partial charge in [0, 0.05) is 17.0 Å². The van der Waals surface area contributed by atoms with Gasteiger partial charge in [0.15, 0.2) is 0 Å². The number of fused-ring (bicyclic) bond motifs is 1. The van der Waals surface area contributed by atoms with Crippen molar-refractivity contribution in [1.29, 1.82) is 0 Å². The maximum Gasteiger partial charge on any atom is 0.141 e. The molecule has 3 N–H and O–H groups in total. The summed E-state index contributed by atoms with van der Waals surface area (Å²) in [5.74, 6) is 1.06. The molecule has 0 spiro atoms. The van der Waals surface area contributed by atoms with E-state index in [0.29, 0.717) is 0 Å². The Morgan fingerprint density at radius 1 is 1.25 bits per heavy atom. The number of nitrogens with two attached hydrogens (primary N) is 1. The predicted molar refractivity (Wildman–Crippen MR) is 122 cm³/mol. The van der Waals surface area contributed by atoms with Crippen LogP contribution in [0.1, 0.15) is 25.3 Å². The van der Waals surface area contributed by atoms with Gasteiger partial charge in [-0.1, -0.05) is 31.5 Å². The number of thiazole rings is 1. The Balaban J connectivity index is 1.91. The van der Waals surface area contributed by atoms with Crippen molar-refractivity contribution < 1.29 is 5.11 Å². The highest BCUT2D eigenvalue weighted by atomic mass is 32.2. The summed E-state index contributed by atoms with van der Waals surface area (Å²) in [6.07, 6.45) is 4.14. The van der Waals surface area contributed by atoms with Crippen LogP contribution >= 0.6 is 34.4 Å². The van der Waals surface area contributed by atoms with E-state index < -0.39 is 0 Å². The average molecular weight is 428 g/mol. The third-order valence-electron chi connectivity index (χ3n) is 4.47. The molecular weight excluding hydrogens is 406 g/mol. The quantitative estimate of drug-likeness (QED) is 0.277. The lowest BCUT2D eigenvalue weighted by atomic mass is 10.00. The molecule has 0 unspecified atom stereocenters. The second kappa shape index (κ2) is 8.61. The van der Waals surface area contributed by atoms with E-state index in [2.05, 4.69) is 24.0 Å². The Morgan fingerprint density at radius 2 is 2.14 bits per heavy atom. The summed E-state index contributed by atoms with van der Waals surface area (Å²) in [6, 6.07) is 10.0. The van der Waals surface area contributed by atoms with Crippen molar-refractivity contribution in [3.8, 4) is 21.8 Å². The molecule has 144 valence electrons. The average Bonchev–Trinajstić information content (AvgIpc) is 3.36. The highest BCUT2D eigenvalue weighted by Crippen LogP contribution is 2.45. The van der Waals surface area contributed by atoms with Crippen molar-refractivity contribution in [2.45, 2.75) is 30.6 Å². The number of unbranched alkanes of at least 4 members (excludes halogenated alkanes) is 1. The number of hydrogen-bond donors (Lipinski definition) is 2. The highest BCUT2D eigenvalue weighted by Gasteiger charge is 2.18. The van der Waals surface area contributed by atoms with Crippen LogP contribution in [0.3, 0.4) is 0 Å². The number of thiophene rings is 1. The number of rotatable bonds is 7. The number of nitrogen functional groups attached to an aromatic ring is 1. The number of nitrogens with zero attached hydrogens (tertiary/aromatic N) is 2. The summed E-state index contributed by atoms with van der Waals surface area (Å²) in [6.45, 7) is 2.21. The normalized spacial score (nSPS) is 11.4. The third-order valence-corrected chi connectivity index (χ3v) is 7.74. The molecule has 3 heterocycles. The molecule has 4 nitrogen and oxygen atoms in total. The molecule has 0 saturated carbocycles. The molecule has 0 aliphatic rings. The Hall–Kier alpha value is -1.93. The van der Waals surface area contributed by atoms with E-state index in [1.165, 1.54) is 12.8 Å². The molecule has 3 aromatic heterocycles. The van der Waals surface area contributed by atoms with Crippen LogP contribution in [0.15, 0.2) is 46.1 Å². The van der Waals surface area contributed by atoms with Crippen LogP contribution in [0.2, 0.25) is 0 Å². The zero-order chi connectivity index (χ0) is 19.5. The predicted octanol–water partition coefficient (Wildman–Crippen LogP) is 6.05. The Morgan fingerprint density at radius 3 is 2.89 bits per heavy atom. The van der Waals surface area contributed by atoms with Crippen LogP contribution in [-0.4, -0.2) is 20.8 Å². The van der Waals surface area contributed by atoms with Crippen molar-refractivity contribution in [3.63, 3.8) is 0 Å². The summed E-state index contributed by atoms with van der Waals surface area (Å²) in [7, 11) is 0. The van der Waals surface area contributed by atoms with Crippen LogP contribution in [0.25, 0.3) is 32.0 Å². The van der Waals surface area contributed by atoms with Gasteiger partial charge in [-0.3, -0.25) is 0 Å². The van der Waals surface area contributed by atoms with Crippen molar-refractivity contribution in [3.05, 3.63) is 47.5 Å². The second-order valence-corrected chi connectivity index (χ2v) is 9.69. The summed E-state index contributed by atoms with van der Waals surface area (Å²) < 4.78 is 1.13. The molecule has 7 heteroatoms. The molecular formula is C21H21N3OS3. The number of benzene rings is 1. The molecule has 0 bridgehead atoms. The van der Waals surface area contributed by atoms with Crippen LogP contribution in [0.4, 0.5) is 5.69 Å². The second-order valence-electron chi connectivity index (χ2n) is 6.44. The van der Waals surface area contributed by atoms with Crippen LogP contribution in [-0.2, 0) is 6.61 Å². The Bertz CT molecular complexity index is 1090. The van der Waals surface area contributed by atoms with Gasteiger partial charge in [0.2, 0.25) is 0 Å². The minimum atomic E-state index is 0.0125. The standard InChI is InChI=1S/C21H21N3OS3/c1-2-3-8-27-21-18(22)17-15(14-6-4-5-13(10-14)12-25)11-16(24-20(17)28-21)19-23-7-9-26-19/h4-7,9-11,25H,2-3,8,12,22H2,1H3. The zero-order valence-electron chi connectivity index (χ0n) is 15.5. The first-order chi connectivity index (χ1) is 13.7. The Labute approximate surface area is 176 Å². The number of aromatic nitrogens is 2. The Kier molecular flexibility index (Phi) is 5.96. The van der Waals surface area contributed by atoms with Gasteiger partial charge in [0.25, 0.3) is 0 Å². The van der Waals surface area contributed by atoms with E-state index in [1.807, 2.05) is 35.3 Å². The summed E-state index contributed by atoms with van der Waals surface area (Å²) in [4.78, 5) is 10.3. The lowest BCUT2D eigenvalue weighted by Gasteiger charge is -2.09. The maximum atomic E-state index is 9.56. The van der Waals surface area contributed by atoms with Crippen LogP contribution < -0.4 is 5.73 Å². The molecule has 28 heavy (non-hydrogen) atoms. The van der Waals surface area contributed by atoms with Gasteiger partial charge in [-0.25, -0.2) is 9.97 Å². The molecule has 0 radical (unpaired) electrons. The number of aliphatic hydroxyl groups excluding tert-OH is 1. The van der Waals surface area contributed by atoms with Gasteiger partial charge in [-0.2, -0.15) is 0 Å². The number of hydrogen-bond acceptors (Lipinski definition) is 7. The van der Waals surface area contributed by atoms with Crippen molar-refractivity contribution >= 4 is 50.3 Å². The van der Waals surface area contributed by atoms with E-state index >= 15 is 0 Å². The molecule has 0 atom stereocenters. The first-order valence-corrected chi connectivity index (χ1v) is 11.8. The minimum absolute atomic E-state index is 0.0125. The van der Waals surface area contributed by atoms with E-state index in [0.717, 1.165) is 53.3 Å². The van der Waals surface area contributed by atoms with Crippen molar-refractivity contribution in [2.75, 3.05) is 11.5 Å². The van der Waals surface area contributed by atoms with Crippen molar-refractivity contribution in [1.82, 2.24) is 9.97 Å². The van der Waals surface area contributed by atoms with Gasteiger partial charge in [0.1, 0.15) is 15.5 Å². The van der Waals surface area contributed by atoms with Crippen molar-refractivity contribution in [2.24, 2.45) is 0 Å². The summed E-state index contributed by atoms with van der Waals surface area (Å²) in [5, 5.41) is 13.4. The molecule has 4 rings (SSSR count).